The van der Waals surface area contributed by atoms with Gasteiger partial charge in [0.1, 0.15) is 5.78 Å². The first-order valence-corrected chi connectivity index (χ1v) is 9.83. The van der Waals surface area contributed by atoms with E-state index in [1.54, 1.807) is 6.92 Å². The second-order valence-electron chi connectivity index (χ2n) is 8.38. The Kier molecular flexibility index (Phi) is 4.52. The molecule has 2 atom stereocenters. The number of carbonyl (C=O) groups excluding carboxylic acids is 1. The van der Waals surface area contributed by atoms with Crippen LogP contribution in [0.5, 0.6) is 0 Å². The molecule has 5 heteroatoms. The van der Waals surface area contributed by atoms with Gasteiger partial charge in [-0.3, -0.25) is 4.79 Å². The van der Waals surface area contributed by atoms with Crippen LogP contribution in [0.3, 0.4) is 0 Å². The number of rotatable bonds is 3. The van der Waals surface area contributed by atoms with Crippen molar-refractivity contribution >= 4 is 11.7 Å². The molecule has 136 valence electrons. The maximum absolute atomic E-state index is 11.6. The van der Waals surface area contributed by atoms with Crippen LogP contribution in [-0.2, 0) is 4.79 Å². The maximum Gasteiger partial charge on any atom is 0.226 e. The minimum atomic E-state index is 0.276. The second kappa shape index (κ2) is 6.67. The van der Waals surface area contributed by atoms with Gasteiger partial charge >= 0.3 is 0 Å². The molecule has 1 aromatic heterocycles. The maximum atomic E-state index is 11.6. The molecule has 0 amide bonds. The minimum Gasteiger partial charge on any atom is -0.332 e. The van der Waals surface area contributed by atoms with Gasteiger partial charge < -0.3 is 9.80 Å². The lowest BCUT2D eigenvalue weighted by Crippen LogP contribution is -2.53. The number of nitrogens with zero attached hydrogens (tertiary/aromatic N) is 4. The molecule has 2 aliphatic heterocycles. The first kappa shape index (κ1) is 17.0. The average Bonchev–Trinajstić information content (AvgIpc) is 2.86. The number of likely N-dealkylation sites (N-methyl/N-ethyl adjacent to an activating group) is 1. The van der Waals surface area contributed by atoms with Gasteiger partial charge in [-0.25, -0.2) is 9.97 Å². The molecule has 1 aromatic rings. The van der Waals surface area contributed by atoms with Crippen molar-refractivity contribution in [1.29, 1.82) is 0 Å². The van der Waals surface area contributed by atoms with Crippen molar-refractivity contribution in [2.24, 2.45) is 5.92 Å². The van der Waals surface area contributed by atoms with Gasteiger partial charge in [-0.1, -0.05) is 0 Å². The van der Waals surface area contributed by atoms with E-state index in [4.69, 9.17) is 9.97 Å². The zero-order valence-corrected chi connectivity index (χ0v) is 15.7. The summed E-state index contributed by atoms with van der Waals surface area (Å²) in [6, 6.07) is 1.14. The normalized spacial score (nSPS) is 32.8. The van der Waals surface area contributed by atoms with Crippen molar-refractivity contribution in [3.8, 4) is 0 Å². The van der Waals surface area contributed by atoms with Crippen LogP contribution in [0.25, 0.3) is 0 Å². The SMILES string of the molecule is Cc1nc(N2C3CCC2CN(C)C3)ncc1[C@H]1CC[C@H](C(C)=O)CC1. The van der Waals surface area contributed by atoms with Crippen LogP contribution in [-0.4, -0.2) is 52.9 Å². The van der Waals surface area contributed by atoms with E-state index in [2.05, 4.69) is 30.0 Å². The Morgan fingerprint density at radius 1 is 1.08 bits per heavy atom. The van der Waals surface area contributed by atoms with E-state index >= 15 is 0 Å². The molecule has 1 saturated carbocycles. The first-order valence-electron chi connectivity index (χ1n) is 9.83. The van der Waals surface area contributed by atoms with Crippen molar-refractivity contribution < 1.29 is 4.79 Å². The largest absolute Gasteiger partial charge is 0.332 e. The molecule has 2 unspecified atom stereocenters. The summed E-state index contributed by atoms with van der Waals surface area (Å²) in [7, 11) is 2.22. The number of fused-ring (bicyclic) bond motifs is 2. The summed E-state index contributed by atoms with van der Waals surface area (Å²) < 4.78 is 0. The van der Waals surface area contributed by atoms with Gasteiger partial charge in [0.25, 0.3) is 0 Å². The topological polar surface area (TPSA) is 49.3 Å². The molecule has 0 radical (unpaired) electrons. The molecule has 2 saturated heterocycles. The molecule has 5 nitrogen and oxygen atoms in total. The Morgan fingerprint density at radius 3 is 2.28 bits per heavy atom. The van der Waals surface area contributed by atoms with E-state index in [0.29, 0.717) is 23.8 Å². The third-order valence-corrected chi connectivity index (χ3v) is 6.64. The quantitative estimate of drug-likeness (QED) is 0.845. The van der Waals surface area contributed by atoms with Crippen LogP contribution in [0.1, 0.15) is 62.6 Å². The van der Waals surface area contributed by atoms with Gasteiger partial charge in [0.15, 0.2) is 0 Å². The Morgan fingerprint density at radius 2 is 1.72 bits per heavy atom. The van der Waals surface area contributed by atoms with E-state index in [-0.39, 0.29) is 5.92 Å². The lowest BCUT2D eigenvalue weighted by molar-refractivity contribution is -0.121. The molecular weight excluding hydrogens is 312 g/mol. The van der Waals surface area contributed by atoms with Crippen LogP contribution in [0, 0.1) is 12.8 Å². The van der Waals surface area contributed by atoms with Crippen molar-refractivity contribution in [3.63, 3.8) is 0 Å². The molecule has 1 aliphatic carbocycles. The smallest absolute Gasteiger partial charge is 0.226 e. The average molecular weight is 342 g/mol. The zero-order chi connectivity index (χ0) is 17.6. The monoisotopic (exact) mass is 342 g/mol. The van der Waals surface area contributed by atoms with Crippen LogP contribution < -0.4 is 4.90 Å². The van der Waals surface area contributed by atoms with E-state index in [1.807, 2.05) is 0 Å². The Hall–Kier alpha value is -1.49. The number of aryl methyl sites for hydroxylation is 1. The summed E-state index contributed by atoms with van der Waals surface area (Å²) >= 11 is 0. The van der Waals surface area contributed by atoms with E-state index < -0.39 is 0 Å². The number of likely N-dealkylation sites (tertiary alicyclic amines) is 1. The highest BCUT2D eigenvalue weighted by Crippen LogP contribution is 2.38. The predicted molar refractivity (Wildman–Crippen MR) is 98.9 cm³/mol. The zero-order valence-electron chi connectivity index (χ0n) is 15.7. The van der Waals surface area contributed by atoms with E-state index in [9.17, 15) is 4.79 Å². The fourth-order valence-corrected chi connectivity index (χ4v) is 5.24. The van der Waals surface area contributed by atoms with Crippen molar-refractivity contribution in [2.75, 3.05) is 25.0 Å². The number of anilines is 1. The van der Waals surface area contributed by atoms with Crippen molar-refractivity contribution in [1.82, 2.24) is 14.9 Å². The van der Waals surface area contributed by atoms with Gasteiger partial charge in [-0.05, 0) is 70.9 Å². The highest BCUT2D eigenvalue weighted by molar-refractivity contribution is 5.78. The summed E-state index contributed by atoms with van der Waals surface area (Å²) in [6.07, 6.45) is 8.81. The van der Waals surface area contributed by atoms with Crippen LogP contribution in [0.4, 0.5) is 5.95 Å². The lowest BCUT2D eigenvalue weighted by atomic mass is 9.77. The molecule has 0 N–H and O–H groups in total. The standard InChI is InChI=1S/C20H30N4O/c1-13-19(16-6-4-15(5-7-16)14(2)25)10-21-20(22-13)24-17-8-9-18(24)12-23(3)11-17/h10,15-18H,4-9,11-12H2,1-3H3/t15-,16-,17?,18?. The number of ketones is 1. The first-order chi connectivity index (χ1) is 12.0. The van der Waals surface area contributed by atoms with Gasteiger partial charge in [0, 0.05) is 43.0 Å². The van der Waals surface area contributed by atoms with Gasteiger partial charge in [0.2, 0.25) is 5.95 Å². The highest BCUT2D eigenvalue weighted by Gasteiger charge is 2.40. The van der Waals surface area contributed by atoms with Gasteiger partial charge in [-0.2, -0.15) is 0 Å². The van der Waals surface area contributed by atoms with Crippen LogP contribution in [0.15, 0.2) is 6.20 Å². The van der Waals surface area contributed by atoms with Crippen LogP contribution in [0.2, 0.25) is 0 Å². The molecule has 25 heavy (non-hydrogen) atoms. The fraction of sp³-hybridized carbons (Fsp3) is 0.750. The Bertz CT molecular complexity index is 639. The Labute approximate surface area is 150 Å². The number of hydrogen-bond acceptors (Lipinski definition) is 5. The summed E-state index contributed by atoms with van der Waals surface area (Å²) in [5.41, 5.74) is 2.43. The summed E-state index contributed by atoms with van der Waals surface area (Å²) in [5.74, 6) is 2.08. The van der Waals surface area contributed by atoms with Crippen molar-refractivity contribution in [2.45, 2.75) is 70.4 Å². The molecule has 3 aliphatic rings. The van der Waals surface area contributed by atoms with Gasteiger partial charge in [0.05, 0.1) is 0 Å². The molecule has 2 bridgehead atoms. The molecular formula is C20H30N4O. The highest BCUT2D eigenvalue weighted by atomic mass is 16.1. The number of hydrogen-bond donors (Lipinski definition) is 0. The van der Waals surface area contributed by atoms with Crippen LogP contribution >= 0.6 is 0 Å². The van der Waals surface area contributed by atoms with Gasteiger partial charge in [-0.15, -0.1) is 0 Å². The number of aromatic nitrogens is 2. The minimum absolute atomic E-state index is 0.276. The molecule has 4 rings (SSSR count). The third-order valence-electron chi connectivity index (χ3n) is 6.64. The predicted octanol–water partition coefficient (Wildman–Crippen LogP) is 2.93. The number of Topliss-reactive ketones (excluding diaryl/α,β-unsaturated/α-hetero) is 1. The molecule has 0 spiro atoms. The number of carbonyl (C=O) groups is 1. The second-order valence-corrected chi connectivity index (χ2v) is 8.38. The fourth-order valence-electron chi connectivity index (χ4n) is 5.24. The number of piperazine rings is 1. The van der Waals surface area contributed by atoms with Crippen molar-refractivity contribution in [3.05, 3.63) is 17.5 Å². The molecule has 3 fully saturated rings. The third kappa shape index (κ3) is 3.19. The lowest BCUT2D eigenvalue weighted by Gasteiger charge is -2.39. The van der Waals surface area contributed by atoms with E-state index in [0.717, 1.165) is 50.4 Å². The summed E-state index contributed by atoms with van der Waals surface area (Å²) in [6.45, 7) is 6.11. The molecule has 0 aromatic carbocycles. The summed E-state index contributed by atoms with van der Waals surface area (Å²) in [5, 5.41) is 0. The summed E-state index contributed by atoms with van der Waals surface area (Å²) in [4.78, 5) is 26.2. The molecule has 3 heterocycles. The van der Waals surface area contributed by atoms with E-state index in [1.165, 1.54) is 18.4 Å². The Balaban J connectivity index is 1.49.